The molecule has 0 heterocycles. The molecule has 2 radical (unpaired) electrons. The van der Waals surface area contributed by atoms with Crippen LogP contribution in [0.5, 0.6) is 0 Å². The highest BCUT2D eigenvalue weighted by Crippen LogP contribution is 1.99. The number of hydrogen-bond acceptors (Lipinski definition) is 0. The summed E-state index contributed by atoms with van der Waals surface area (Å²) in [5, 5.41) is 0. The van der Waals surface area contributed by atoms with Crippen LogP contribution in [0.2, 0.25) is 0 Å². The van der Waals surface area contributed by atoms with Gasteiger partial charge in [-0.2, -0.15) is 0 Å². The summed E-state index contributed by atoms with van der Waals surface area (Å²) >= 11 is 0. The Morgan fingerprint density at radius 3 is 1.89 bits per heavy atom. The molecule has 0 spiro atoms. The van der Waals surface area contributed by atoms with E-state index >= 15 is 0 Å². The van der Waals surface area contributed by atoms with Crippen LogP contribution in [0.3, 0.4) is 0 Å². The largest absolute Gasteiger partial charge is 0.0654 e. The fourth-order valence-electron chi connectivity index (χ4n) is 0.604. The first-order chi connectivity index (χ1) is 4.41. The van der Waals surface area contributed by atoms with Crippen LogP contribution in [0.4, 0.5) is 0 Å². The second-order valence-corrected chi connectivity index (χ2v) is 1.91. The Morgan fingerprint density at radius 1 is 1.00 bits per heavy atom. The van der Waals surface area contributed by atoms with Crippen LogP contribution in [-0.4, -0.2) is 0 Å². The molecule has 0 fully saturated rings. The smallest absolute Gasteiger partial charge is 0.0533 e. The van der Waals surface area contributed by atoms with Crippen molar-refractivity contribution in [2.24, 2.45) is 0 Å². The van der Waals surface area contributed by atoms with Gasteiger partial charge in [0.2, 0.25) is 0 Å². The van der Waals surface area contributed by atoms with Crippen molar-refractivity contribution in [1.29, 1.82) is 0 Å². The van der Waals surface area contributed by atoms with Gasteiger partial charge in [0.05, 0.1) is 0 Å². The van der Waals surface area contributed by atoms with Gasteiger partial charge in [-0.3, -0.25) is 0 Å². The summed E-state index contributed by atoms with van der Waals surface area (Å²) in [7, 11) is 0. The number of rotatable bonds is 4. The molecule has 0 bridgehead atoms. The van der Waals surface area contributed by atoms with Crippen LogP contribution in [0.15, 0.2) is 0 Å². The van der Waals surface area contributed by atoms with Gasteiger partial charge in [0.25, 0.3) is 0 Å². The zero-order valence-electron chi connectivity index (χ0n) is 6.95. The van der Waals surface area contributed by atoms with Crippen molar-refractivity contribution in [3.63, 3.8) is 0 Å². The summed E-state index contributed by atoms with van der Waals surface area (Å²) in [6.07, 6.45) is 6.52. The molecule has 0 atom stereocenters. The molecule has 0 amide bonds. The SMILES string of the molecule is [CH2]C.[CH2]CCCCCC. The lowest BCUT2D eigenvalue weighted by Crippen LogP contribution is -1.71. The van der Waals surface area contributed by atoms with Crippen molar-refractivity contribution in [1.82, 2.24) is 0 Å². The summed E-state index contributed by atoms with van der Waals surface area (Å²) in [5.41, 5.74) is 0. The Hall–Kier alpha value is 0. The topological polar surface area (TPSA) is 0 Å². The lowest BCUT2D eigenvalue weighted by Gasteiger charge is -1.90. The van der Waals surface area contributed by atoms with E-state index in [1.165, 1.54) is 25.7 Å². The van der Waals surface area contributed by atoms with Crippen molar-refractivity contribution >= 4 is 0 Å². The van der Waals surface area contributed by atoms with Gasteiger partial charge in [-0.05, 0) is 0 Å². The molecule has 0 rings (SSSR count). The monoisotopic (exact) mass is 128 g/mol. The van der Waals surface area contributed by atoms with Gasteiger partial charge in [-0.25, -0.2) is 0 Å². The minimum Gasteiger partial charge on any atom is -0.0654 e. The van der Waals surface area contributed by atoms with Crippen LogP contribution >= 0.6 is 0 Å². The fraction of sp³-hybridized carbons (Fsp3) is 0.778. The third-order valence-corrected chi connectivity index (χ3v) is 1.10. The van der Waals surface area contributed by atoms with E-state index in [0.717, 1.165) is 6.42 Å². The van der Waals surface area contributed by atoms with Crippen LogP contribution in [0, 0.1) is 13.8 Å². The van der Waals surface area contributed by atoms with E-state index in [2.05, 4.69) is 20.8 Å². The summed E-state index contributed by atoms with van der Waals surface area (Å²) in [4.78, 5) is 0. The minimum atomic E-state index is 1.11. The molecule has 56 valence electrons. The molecule has 0 nitrogen and oxygen atoms in total. The highest BCUT2D eigenvalue weighted by Gasteiger charge is 1.80. The van der Waals surface area contributed by atoms with E-state index in [1.807, 2.05) is 0 Å². The zero-order valence-corrected chi connectivity index (χ0v) is 6.95. The highest BCUT2D eigenvalue weighted by atomic mass is 13.9. The van der Waals surface area contributed by atoms with Gasteiger partial charge in [0, 0.05) is 0 Å². The van der Waals surface area contributed by atoms with E-state index in [-0.39, 0.29) is 0 Å². The molecular weight excluding hydrogens is 108 g/mol. The van der Waals surface area contributed by atoms with Gasteiger partial charge in [0.1, 0.15) is 0 Å². The second-order valence-electron chi connectivity index (χ2n) is 1.91. The number of hydrogen-bond donors (Lipinski definition) is 0. The Kier molecular flexibility index (Phi) is 20.5. The lowest BCUT2D eigenvalue weighted by molar-refractivity contribution is 0.673. The van der Waals surface area contributed by atoms with E-state index in [0.29, 0.717) is 0 Å². The van der Waals surface area contributed by atoms with Crippen molar-refractivity contribution in [3.05, 3.63) is 13.8 Å². The van der Waals surface area contributed by atoms with E-state index in [9.17, 15) is 0 Å². The van der Waals surface area contributed by atoms with Gasteiger partial charge < -0.3 is 0 Å². The predicted octanol–water partition coefficient (Wildman–Crippen LogP) is 3.63. The average Bonchev–Trinajstić information content (AvgIpc) is 1.94. The van der Waals surface area contributed by atoms with Crippen LogP contribution in [-0.2, 0) is 0 Å². The Morgan fingerprint density at radius 2 is 1.56 bits per heavy atom. The van der Waals surface area contributed by atoms with Crippen LogP contribution < -0.4 is 0 Å². The maximum atomic E-state index is 3.76. The third-order valence-electron chi connectivity index (χ3n) is 1.10. The standard InChI is InChI=1S/C7H15.C2H5/c1-3-5-7-6-4-2;1-2/h1,3-7H2,2H3;1H2,2H3. The number of unbranched alkanes of at least 4 members (excludes halogenated alkanes) is 4. The van der Waals surface area contributed by atoms with Crippen LogP contribution in [0.1, 0.15) is 46.0 Å². The molecule has 0 heteroatoms. The molecule has 0 saturated heterocycles. The van der Waals surface area contributed by atoms with Crippen molar-refractivity contribution < 1.29 is 0 Å². The maximum absolute atomic E-state index is 3.76. The Balaban J connectivity index is 0. The van der Waals surface area contributed by atoms with E-state index in [4.69, 9.17) is 0 Å². The molecule has 0 aliphatic heterocycles. The average molecular weight is 128 g/mol. The van der Waals surface area contributed by atoms with Crippen LogP contribution in [0.25, 0.3) is 0 Å². The van der Waals surface area contributed by atoms with Gasteiger partial charge in [-0.1, -0.05) is 59.8 Å². The lowest BCUT2D eigenvalue weighted by atomic mass is 10.2. The molecule has 0 aromatic heterocycles. The molecule has 0 aliphatic rings. The molecule has 0 aromatic rings. The third kappa shape index (κ3) is 18.0. The van der Waals surface area contributed by atoms with Crippen molar-refractivity contribution in [2.45, 2.75) is 46.0 Å². The Bertz CT molecular complexity index is 19.2. The molecule has 0 saturated carbocycles. The van der Waals surface area contributed by atoms with E-state index < -0.39 is 0 Å². The first kappa shape index (κ1) is 11.8. The molecular formula is C9H20. The summed E-state index contributed by atoms with van der Waals surface area (Å²) < 4.78 is 0. The van der Waals surface area contributed by atoms with E-state index in [1.54, 1.807) is 6.92 Å². The molecule has 0 aromatic carbocycles. The van der Waals surface area contributed by atoms with Gasteiger partial charge in [0.15, 0.2) is 0 Å². The zero-order chi connectivity index (χ0) is 7.54. The fourth-order valence-corrected chi connectivity index (χ4v) is 0.604. The van der Waals surface area contributed by atoms with Crippen molar-refractivity contribution in [2.75, 3.05) is 0 Å². The first-order valence-corrected chi connectivity index (χ1v) is 3.91. The summed E-state index contributed by atoms with van der Waals surface area (Å²) in [6.45, 7) is 11.0. The Labute approximate surface area is 60.7 Å². The molecule has 0 unspecified atom stereocenters. The molecule has 0 aliphatic carbocycles. The second kappa shape index (κ2) is 15.7. The first-order valence-electron chi connectivity index (χ1n) is 3.91. The molecule has 9 heavy (non-hydrogen) atoms. The minimum absolute atomic E-state index is 1.11. The highest BCUT2D eigenvalue weighted by molar-refractivity contribution is 4.41. The summed E-state index contributed by atoms with van der Waals surface area (Å²) in [5.74, 6) is 0. The van der Waals surface area contributed by atoms with Gasteiger partial charge in [-0.15, -0.1) is 0 Å². The normalized spacial score (nSPS) is 8.00. The summed E-state index contributed by atoms with van der Waals surface area (Å²) in [6, 6.07) is 0. The molecule has 0 N–H and O–H groups in total. The maximum Gasteiger partial charge on any atom is -0.0533 e. The van der Waals surface area contributed by atoms with Gasteiger partial charge >= 0.3 is 0 Å². The predicted molar refractivity (Wildman–Crippen MR) is 45.1 cm³/mol. The van der Waals surface area contributed by atoms with Crippen molar-refractivity contribution in [3.8, 4) is 0 Å². The quantitative estimate of drug-likeness (QED) is 0.507.